The fourth-order valence-electron chi connectivity index (χ4n) is 3.91. The minimum atomic E-state index is -0.114. The standard InChI is InChI=1S/C22H27N5O3/c1-29-11-9-23-21(28)19-12-24-26-20(19)17-8-5-10-27(13-17)14-18-15-30-22(25-18)16-6-3-2-4-7-16/h2-4,6-7,12,15,17H,5,8-11,13-14H2,1H3,(H,23,28)(H,24,26). The number of carbonyl (C=O) groups excluding carboxylic acids is 1. The number of ether oxygens (including phenoxy) is 1. The van der Waals surface area contributed by atoms with Crippen molar-refractivity contribution in [2.45, 2.75) is 25.3 Å². The average molecular weight is 409 g/mol. The molecule has 1 fully saturated rings. The zero-order valence-corrected chi connectivity index (χ0v) is 17.1. The maximum Gasteiger partial charge on any atom is 0.254 e. The molecule has 1 saturated heterocycles. The van der Waals surface area contributed by atoms with Crippen molar-refractivity contribution in [3.8, 4) is 11.5 Å². The molecule has 1 aromatic carbocycles. The van der Waals surface area contributed by atoms with Gasteiger partial charge >= 0.3 is 0 Å². The number of aromatic nitrogens is 3. The number of likely N-dealkylation sites (tertiary alicyclic amines) is 1. The summed E-state index contributed by atoms with van der Waals surface area (Å²) in [6.45, 7) is 3.52. The number of rotatable bonds is 8. The molecule has 158 valence electrons. The predicted octanol–water partition coefficient (Wildman–Crippen LogP) is 2.82. The van der Waals surface area contributed by atoms with Crippen LogP contribution in [-0.4, -0.2) is 59.3 Å². The van der Waals surface area contributed by atoms with Crippen molar-refractivity contribution < 1.29 is 13.9 Å². The van der Waals surface area contributed by atoms with Gasteiger partial charge in [-0.05, 0) is 31.5 Å². The zero-order valence-electron chi connectivity index (χ0n) is 17.1. The molecule has 8 heteroatoms. The third kappa shape index (κ3) is 4.77. The van der Waals surface area contributed by atoms with E-state index in [0.29, 0.717) is 24.6 Å². The highest BCUT2D eigenvalue weighted by atomic mass is 16.5. The van der Waals surface area contributed by atoms with Crippen LogP contribution in [0.25, 0.3) is 11.5 Å². The number of hydrogen-bond donors (Lipinski definition) is 2. The molecule has 30 heavy (non-hydrogen) atoms. The molecule has 0 spiro atoms. The van der Waals surface area contributed by atoms with Crippen molar-refractivity contribution in [2.24, 2.45) is 0 Å². The topological polar surface area (TPSA) is 96.3 Å². The third-order valence-corrected chi connectivity index (χ3v) is 5.38. The van der Waals surface area contributed by atoms with Crippen molar-refractivity contribution in [1.82, 2.24) is 25.4 Å². The van der Waals surface area contributed by atoms with Crippen LogP contribution >= 0.6 is 0 Å². The number of benzene rings is 1. The van der Waals surface area contributed by atoms with Crippen LogP contribution in [0.4, 0.5) is 0 Å². The Morgan fingerprint density at radius 3 is 3.07 bits per heavy atom. The number of methoxy groups -OCH3 is 1. The van der Waals surface area contributed by atoms with E-state index >= 15 is 0 Å². The van der Waals surface area contributed by atoms with Crippen molar-refractivity contribution in [3.63, 3.8) is 0 Å². The van der Waals surface area contributed by atoms with E-state index in [-0.39, 0.29) is 11.8 Å². The van der Waals surface area contributed by atoms with E-state index in [4.69, 9.17) is 9.15 Å². The maximum atomic E-state index is 12.5. The summed E-state index contributed by atoms with van der Waals surface area (Å²) in [5, 5.41) is 10.1. The zero-order chi connectivity index (χ0) is 20.8. The fourth-order valence-corrected chi connectivity index (χ4v) is 3.91. The lowest BCUT2D eigenvalue weighted by molar-refractivity contribution is 0.0934. The Hall–Kier alpha value is -2.97. The first-order valence-corrected chi connectivity index (χ1v) is 10.3. The average Bonchev–Trinajstić information content (AvgIpc) is 3.45. The van der Waals surface area contributed by atoms with E-state index in [1.807, 2.05) is 30.3 Å². The minimum absolute atomic E-state index is 0.114. The van der Waals surface area contributed by atoms with Gasteiger partial charge in [0.05, 0.1) is 29.8 Å². The molecule has 1 unspecified atom stereocenters. The van der Waals surface area contributed by atoms with Gasteiger partial charge in [-0.3, -0.25) is 14.8 Å². The molecule has 1 aliphatic rings. The van der Waals surface area contributed by atoms with Crippen LogP contribution in [0.5, 0.6) is 0 Å². The van der Waals surface area contributed by atoms with Gasteiger partial charge in [-0.15, -0.1) is 0 Å². The highest BCUT2D eigenvalue weighted by Gasteiger charge is 2.27. The quantitative estimate of drug-likeness (QED) is 0.556. The lowest BCUT2D eigenvalue weighted by atomic mass is 9.92. The second-order valence-electron chi connectivity index (χ2n) is 7.53. The second kappa shape index (κ2) is 9.69. The second-order valence-corrected chi connectivity index (χ2v) is 7.53. The SMILES string of the molecule is COCCNC(=O)c1cn[nH]c1C1CCCN(Cc2coc(-c3ccccc3)n2)C1. The Kier molecular flexibility index (Phi) is 6.56. The molecule has 1 aliphatic heterocycles. The normalized spacial score (nSPS) is 17.2. The van der Waals surface area contributed by atoms with Crippen molar-refractivity contribution in [1.29, 1.82) is 0 Å². The molecule has 1 amide bonds. The van der Waals surface area contributed by atoms with Gasteiger partial charge < -0.3 is 14.5 Å². The van der Waals surface area contributed by atoms with Crippen LogP contribution in [0.15, 0.2) is 47.2 Å². The van der Waals surface area contributed by atoms with Crippen molar-refractivity contribution >= 4 is 5.91 Å². The van der Waals surface area contributed by atoms with Gasteiger partial charge in [0.1, 0.15) is 6.26 Å². The van der Waals surface area contributed by atoms with E-state index in [1.165, 1.54) is 0 Å². The van der Waals surface area contributed by atoms with E-state index in [2.05, 4.69) is 25.4 Å². The molecule has 3 heterocycles. The number of oxazole rings is 1. The number of carbonyl (C=O) groups is 1. The van der Waals surface area contributed by atoms with Gasteiger partial charge in [0.15, 0.2) is 0 Å². The van der Waals surface area contributed by atoms with Gasteiger partial charge in [0, 0.05) is 38.2 Å². The van der Waals surface area contributed by atoms with Crippen molar-refractivity contribution in [2.75, 3.05) is 33.4 Å². The summed E-state index contributed by atoms with van der Waals surface area (Å²) in [6, 6.07) is 9.90. The Balaban J connectivity index is 1.39. The minimum Gasteiger partial charge on any atom is -0.444 e. The van der Waals surface area contributed by atoms with Crippen LogP contribution in [0, 0.1) is 0 Å². The first-order valence-electron chi connectivity index (χ1n) is 10.3. The summed E-state index contributed by atoms with van der Waals surface area (Å²) in [5.74, 6) is 0.754. The van der Waals surface area contributed by atoms with Gasteiger partial charge in [0.25, 0.3) is 5.91 Å². The fraction of sp³-hybridized carbons (Fsp3) is 0.409. The summed E-state index contributed by atoms with van der Waals surface area (Å²) >= 11 is 0. The Morgan fingerprint density at radius 1 is 1.37 bits per heavy atom. The smallest absolute Gasteiger partial charge is 0.254 e. The number of piperidine rings is 1. The van der Waals surface area contributed by atoms with Gasteiger partial charge in [-0.25, -0.2) is 4.98 Å². The monoisotopic (exact) mass is 409 g/mol. The Bertz CT molecular complexity index is 953. The number of nitrogens with one attached hydrogen (secondary N) is 2. The first kappa shape index (κ1) is 20.3. The largest absolute Gasteiger partial charge is 0.444 e. The molecule has 0 aliphatic carbocycles. The van der Waals surface area contributed by atoms with E-state index in [1.54, 1.807) is 19.6 Å². The molecule has 0 saturated carbocycles. The molecule has 2 aromatic heterocycles. The van der Waals surface area contributed by atoms with Crippen LogP contribution in [-0.2, 0) is 11.3 Å². The Labute approximate surface area is 175 Å². The summed E-state index contributed by atoms with van der Waals surface area (Å²) in [4.78, 5) is 19.5. The number of amides is 1. The first-order chi connectivity index (χ1) is 14.7. The number of nitrogens with zero attached hydrogens (tertiary/aromatic N) is 3. The number of aromatic amines is 1. The number of H-pyrrole nitrogens is 1. The molecule has 8 nitrogen and oxygen atoms in total. The van der Waals surface area contributed by atoms with E-state index in [0.717, 1.165) is 49.4 Å². The molecular weight excluding hydrogens is 382 g/mol. The lowest BCUT2D eigenvalue weighted by Gasteiger charge is -2.32. The predicted molar refractivity (Wildman–Crippen MR) is 112 cm³/mol. The highest BCUT2D eigenvalue weighted by Crippen LogP contribution is 2.29. The van der Waals surface area contributed by atoms with Crippen LogP contribution < -0.4 is 5.32 Å². The number of hydrogen-bond acceptors (Lipinski definition) is 6. The molecule has 3 aromatic rings. The van der Waals surface area contributed by atoms with Gasteiger partial charge in [-0.2, -0.15) is 5.10 Å². The van der Waals surface area contributed by atoms with Gasteiger partial charge in [-0.1, -0.05) is 18.2 Å². The molecule has 4 rings (SSSR count). The lowest BCUT2D eigenvalue weighted by Crippen LogP contribution is -2.35. The highest BCUT2D eigenvalue weighted by molar-refractivity contribution is 5.95. The molecule has 2 N–H and O–H groups in total. The van der Waals surface area contributed by atoms with Crippen LogP contribution in [0.3, 0.4) is 0 Å². The maximum absolute atomic E-state index is 12.5. The Morgan fingerprint density at radius 2 is 2.23 bits per heavy atom. The van der Waals surface area contributed by atoms with Gasteiger partial charge in [0.2, 0.25) is 5.89 Å². The summed E-state index contributed by atoms with van der Waals surface area (Å²) in [7, 11) is 1.61. The third-order valence-electron chi connectivity index (χ3n) is 5.38. The van der Waals surface area contributed by atoms with E-state index in [9.17, 15) is 4.79 Å². The molecule has 0 bridgehead atoms. The summed E-state index contributed by atoms with van der Waals surface area (Å²) in [5.41, 5.74) is 3.41. The van der Waals surface area contributed by atoms with Crippen molar-refractivity contribution in [3.05, 3.63) is 59.7 Å². The molecule has 1 atom stereocenters. The van der Waals surface area contributed by atoms with Crippen LogP contribution in [0.2, 0.25) is 0 Å². The van der Waals surface area contributed by atoms with Crippen LogP contribution in [0.1, 0.15) is 40.5 Å². The summed E-state index contributed by atoms with van der Waals surface area (Å²) < 4.78 is 10.7. The van der Waals surface area contributed by atoms with E-state index < -0.39 is 0 Å². The molecule has 0 radical (unpaired) electrons. The molecular formula is C22H27N5O3. The summed E-state index contributed by atoms with van der Waals surface area (Å²) in [6.07, 6.45) is 5.42.